The molecule has 0 aliphatic carbocycles. The van der Waals surface area contributed by atoms with Crippen LogP contribution in [0, 0.1) is 0 Å². The van der Waals surface area contributed by atoms with E-state index in [-0.39, 0.29) is 11.9 Å². The van der Waals surface area contributed by atoms with Gasteiger partial charge in [0, 0.05) is 37.6 Å². The molecule has 136 valence electrons. The molecule has 1 aliphatic heterocycles. The first kappa shape index (κ1) is 15.7. The first-order valence-corrected chi connectivity index (χ1v) is 8.91. The third kappa shape index (κ3) is 2.77. The highest BCUT2D eigenvalue weighted by Crippen LogP contribution is 2.28. The van der Waals surface area contributed by atoms with E-state index in [0.29, 0.717) is 18.9 Å². The molecule has 0 bridgehead atoms. The number of aromatic nitrogens is 6. The molecule has 4 aromatic rings. The Balaban J connectivity index is 1.42. The fourth-order valence-corrected chi connectivity index (χ4v) is 3.71. The van der Waals surface area contributed by atoms with Gasteiger partial charge in [0.05, 0.1) is 29.6 Å². The molecule has 27 heavy (non-hydrogen) atoms. The summed E-state index contributed by atoms with van der Waals surface area (Å²) in [5.41, 5.74) is 2.79. The Bertz CT molecular complexity index is 1100. The van der Waals surface area contributed by atoms with Crippen LogP contribution in [-0.2, 0) is 0 Å². The number of hydrogen-bond acceptors (Lipinski definition) is 5. The lowest BCUT2D eigenvalue weighted by atomic mass is 9.97. The lowest BCUT2D eigenvalue weighted by molar-refractivity contribution is 0.191. The van der Waals surface area contributed by atoms with Crippen molar-refractivity contribution in [2.24, 2.45) is 0 Å². The Morgan fingerprint density at radius 1 is 1.19 bits per heavy atom. The van der Waals surface area contributed by atoms with E-state index in [4.69, 9.17) is 0 Å². The average Bonchev–Trinajstić information content (AvgIpc) is 3.35. The number of nitrogens with one attached hydrogen (secondary N) is 2. The van der Waals surface area contributed by atoms with Crippen LogP contribution in [0.2, 0.25) is 0 Å². The number of piperidine rings is 1. The minimum absolute atomic E-state index is 0.158. The molecule has 1 atom stereocenters. The number of anilines is 1. The number of carbonyl (C=O) groups is 1. The summed E-state index contributed by atoms with van der Waals surface area (Å²) in [7, 11) is 0. The number of imidazole rings is 1. The lowest BCUT2D eigenvalue weighted by Gasteiger charge is -2.32. The molecule has 0 saturated carbocycles. The molecule has 1 saturated heterocycles. The van der Waals surface area contributed by atoms with E-state index in [1.807, 2.05) is 29.6 Å². The van der Waals surface area contributed by atoms with Gasteiger partial charge in [-0.3, -0.25) is 14.7 Å². The van der Waals surface area contributed by atoms with Crippen LogP contribution < -0.4 is 5.32 Å². The molecule has 9 heteroatoms. The topological polar surface area (TPSA) is 104 Å². The van der Waals surface area contributed by atoms with E-state index in [1.165, 1.54) is 6.20 Å². The Labute approximate surface area is 154 Å². The van der Waals surface area contributed by atoms with Crippen LogP contribution >= 0.6 is 0 Å². The molecule has 0 spiro atoms. The highest BCUT2D eigenvalue weighted by Gasteiger charge is 2.28. The summed E-state index contributed by atoms with van der Waals surface area (Å²) in [4.78, 5) is 34.7. The molecule has 0 aromatic carbocycles. The zero-order chi connectivity index (χ0) is 18.2. The van der Waals surface area contributed by atoms with Crippen molar-refractivity contribution < 1.29 is 4.79 Å². The molecule has 0 radical (unpaired) electrons. The number of fused-ring (bicyclic) bond motifs is 3. The maximum absolute atomic E-state index is 12.6. The molecular weight excluding hydrogens is 344 g/mol. The highest BCUT2D eigenvalue weighted by atomic mass is 16.2. The van der Waals surface area contributed by atoms with Crippen molar-refractivity contribution in [3.63, 3.8) is 0 Å². The minimum atomic E-state index is -0.158. The maximum Gasteiger partial charge on any atom is 0.323 e. The van der Waals surface area contributed by atoms with Crippen LogP contribution in [-0.4, -0.2) is 53.3 Å². The van der Waals surface area contributed by atoms with Crippen LogP contribution in [0.5, 0.6) is 0 Å². The normalized spacial score (nSPS) is 17.5. The number of likely N-dealkylation sites (tertiary alicyclic amines) is 1. The van der Waals surface area contributed by atoms with Gasteiger partial charge in [-0.1, -0.05) is 0 Å². The lowest BCUT2D eigenvalue weighted by Crippen LogP contribution is -2.42. The highest BCUT2D eigenvalue weighted by molar-refractivity contribution is 5.88. The number of hydrogen-bond donors (Lipinski definition) is 2. The fraction of sp³-hybridized carbons (Fsp3) is 0.278. The number of carbonyl (C=O) groups excluding carboxylic acids is 1. The minimum Gasteiger partial charge on any atom is -0.345 e. The van der Waals surface area contributed by atoms with Crippen LogP contribution in [0.15, 0.2) is 43.2 Å². The molecule has 0 unspecified atom stereocenters. The first-order valence-electron chi connectivity index (χ1n) is 8.91. The van der Waals surface area contributed by atoms with Crippen LogP contribution in [0.1, 0.15) is 24.6 Å². The fourth-order valence-electron chi connectivity index (χ4n) is 3.71. The van der Waals surface area contributed by atoms with E-state index >= 15 is 0 Å². The van der Waals surface area contributed by atoms with Crippen LogP contribution in [0.4, 0.5) is 10.6 Å². The predicted molar refractivity (Wildman–Crippen MR) is 99.4 cm³/mol. The van der Waals surface area contributed by atoms with E-state index < -0.39 is 0 Å². The van der Waals surface area contributed by atoms with E-state index in [9.17, 15) is 4.79 Å². The second-order valence-corrected chi connectivity index (χ2v) is 6.65. The molecule has 1 fully saturated rings. The van der Waals surface area contributed by atoms with Gasteiger partial charge < -0.3 is 9.88 Å². The maximum atomic E-state index is 12.6. The standard InChI is InChI=1S/C18H18N8O/c27-18(24-15-10-19-5-6-20-15)25-7-1-2-12(11-25)17-23-9-13-8-22-16-14(26(13)17)3-4-21-16/h3-6,8-10,12,21H,1-2,7,11H2,(H,20,24,27)/t12-/m1/s1. The van der Waals surface area contributed by atoms with Gasteiger partial charge in [0.2, 0.25) is 0 Å². The van der Waals surface area contributed by atoms with Crippen molar-refractivity contribution in [1.82, 2.24) is 34.2 Å². The summed E-state index contributed by atoms with van der Waals surface area (Å²) in [6, 6.07) is 1.84. The summed E-state index contributed by atoms with van der Waals surface area (Å²) in [6.45, 7) is 1.33. The second kappa shape index (κ2) is 6.35. The quantitative estimate of drug-likeness (QED) is 0.570. The Morgan fingerprint density at radius 3 is 3.00 bits per heavy atom. The second-order valence-electron chi connectivity index (χ2n) is 6.65. The number of aromatic amines is 1. The molecule has 2 N–H and O–H groups in total. The van der Waals surface area contributed by atoms with Gasteiger partial charge in [-0.05, 0) is 18.9 Å². The number of H-pyrrole nitrogens is 1. The van der Waals surface area contributed by atoms with Crippen molar-refractivity contribution in [2.75, 3.05) is 18.4 Å². The Kier molecular flexibility index (Phi) is 3.70. The largest absolute Gasteiger partial charge is 0.345 e. The molecule has 4 aromatic heterocycles. The van der Waals surface area contributed by atoms with Crippen LogP contribution in [0.25, 0.3) is 16.7 Å². The molecular formula is C18H18N8O. The number of amides is 2. The van der Waals surface area contributed by atoms with Gasteiger partial charge in [-0.25, -0.2) is 19.7 Å². The number of urea groups is 1. The predicted octanol–water partition coefficient (Wildman–Crippen LogP) is 2.41. The summed E-state index contributed by atoms with van der Waals surface area (Å²) in [6.07, 6.45) is 12.1. The van der Waals surface area contributed by atoms with E-state index in [1.54, 1.807) is 12.4 Å². The molecule has 9 nitrogen and oxygen atoms in total. The van der Waals surface area contributed by atoms with Gasteiger partial charge in [-0.15, -0.1) is 0 Å². The van der Waals surface area contributed by atoms with Gasteiger partial charge >= 0.3 is 6.03 Å². The van der Waals surface area contributed by atoms with Gasteiger partial charge in [0.25, 0.3) is 0 Å². The van der Waals surface area contributed by atoms with Crippen molar-refractivity contribution in [2.45, 2.75) is 18.8 Å². The summed E-state index contributed by atoms with van der Waals surface area (Å²) in [5, 5.41) is 2.81. The van der Waals surface area contributed by atoms with Crippen LogP contribution in [0.3, 0.4) is 0 Å². The zero-order valence-corrected chi connectivity index (χ0v) is 14.5. The van der Waals surface area contributed by atoms with Gasteiger partial charge in [-0.2, -0.15) is 0 Å². The summed E-state index contributed by atoms with van der Waals surface area (Å²) < 4.78 is 2.13. The van der Waals surface area contributed by atoms with Crippen molar-refractivity contribution in [3.05, 3.63) is 49.1 Å². The molecule has 1 aliphatic rings. The summed E-state index contributed by atoms with van der Waals surface area (Å²) in [5.74, 6) is 1.58. The van der Waals surface area contributed by atoms with Gasteiger partial charge in [0.15, 0.2) is 11.5 Å². The smallest absolute Gasteiger partial charge is 0.323 e. The van der Waals surface area contributed by atoms with Crippen molar-refractivity contribution in [1.29, 1.82) is 0 Å². The molecule has 5 rings (SSSR count). The Morgan fingerprint density at radius 2 is 2.11 bits per heavy atom. The van der Waals surface area contributed by atoms with Crippen molar-refractivity contribution in [3.8, 4) is 0 Å². The number of nitrogens with zero attached hydrogens (tertiary/aromatic N) is 6. The summed E-state index contributed by atoms with van der Waals surface area (Å²) >= 11 is 0. The first-order chi connectivity index (χ1) is 13.3. The SMILES string of the molecule is O=C(Nc1cnccn1)N1CCC[C@@H](c2ncc3cnc4[nH]ccc4n23)C1. The third-order valence-electron chi connectivity index (χ3n) is 4.96. The Hall–Kier alpha value is -3.49. The molecule has 2 amide bonds. The zero-order valence-electron chi connectivity index (χ0n) is 14.5. The van der Waals surface area contributed by atoms with Crippen molar-refractivity contribution >= 4 is 28.5 Å². The number of rotatable bonds is 2. The monoisotopic (exact) mass is 362 g/mol. The molecule has 5 heterocycles. The average molecular weight is 362 g/mol. The van der Waals surface area contributed by atoms with E-state index in [0.717, 1.165) is 35.3 Å². The van der Waals surface area contributed by atoms with E-state index in [2.05, 4.69) is 34.6 Å². The van der Waals surface area contributed by atoms with Gasteiger partial charge in [0.1, 0.15) is 5.82 Å². The third-order valence-corrected chi connectivity index (χ3v) is 4.96.